The number of nitrogens with zero attached hydrogens (tertiary/aromatic N) is 2. The van der Waals surface area contributed by atoms with Gasteiger partial charge in [0, 0.05) is 18.5 Å². The number of hydrogen-bond donors (Lipinski definition) is 3. The van der Waals surface area contributed by atoms with Crippen LogP contribution >= 0.6 is 0 Å². The lowest BCUT2D eigenvalue weighted by molar-refractivity contribution is -0.125. The molecule has 1 aromatic heterocycles. The maximum atomic E-state index is 13.5. The molecule has 3 unspecified atom stereocenters. The maximum Gasteiger partial charge on any atom is 0.258 e. The Morgan fingerprint density at radius 3 is 2.50 bits per heavy atom. The zero-order valence-corrected chi connectivity index (χ0v) is 23.4. The lowest BCUT2D eigenvalue weighted by atomic mass is 9.66. The van der Waals surface area contributed by atoms with Crippen LogP contribution in [-0.4, -0.2) is 53.9 Å². The van der Waals surface area contributed by atoms with E-state index in [1.165, 1.54) is 70.6 Å². The molecule has 38 heavy (non-hydrogen) atoms. The van der Waals surface area contributed by atoms with Gasteiger partial charge in [0.2, 0.25) is 11.8 Å². The second-order valence-corrected chi connectivity index (χ2v) is 12.6. The predicted octanol–water partition coefficient (Wildman–Crippen LogP) is 4.29. The first kappa shape index (κ1) is 27.5. The van der Waals surface area contributed by atoms with Gasteiger partial charge in [0.05, 0.1) is 19.3 Å². The number of piperidine rings is 1. The highest BCUT2D eigenvalue weighted by molar-refractivity contribution is 5.96. The Morgan fingerprint density at radius 2 is 1.76 bits per heavy atom. The van der Waals surface area contributed by atoms with Crippen LogP contribution in [0.25, 0.3) is 0 Å². The second kappa shape index (κ2) is 13.3. The van der Waals surface area contributed by atoms with E-state index in [9.17, 15) is 9.59 Å². The molecule has 2 heterocycles. The molecule has 3 N–H and O–H groups in total. The summed E-state index contributed by atoms with van der Waals surface area (Å²) in [5.41, 5.74) is 0.522. The topological polar surface area (TPSA) is 97.3 Å². The van der Waals surface area contributed by atoms with Gasteiger partial charge in [-0.1, -0.05) is 38.5 Å². The van der Waals surface area contributed by atoms with Crippen LogP contribution in [0.1, 0.15) is 101 Å². The highest BCUT2D eigenvalue weighted by Gasteiger charge is 2.35. The molecule has 0 aromatic carbocycles. The first-order chi connectivity index (χ1) is 18.6. The van der Waals surface area contributed by atoms with Gasteiger partial charge in [-0.05, 0) is 88.6 Å². The van der Waals surface area contributed by atoms with Gasteiger partial charge in [0.15, 0.2) is 0 Å². The van der Waals surface area contributed by atoms with Gasteiger partial charge in [-0.25, -0.2) is 4.68 Å². The van der Waals surface area contributed by atoms with E-state index in [0.717, 1.165) is 37.8 Å². The Morgan fingerprint density at radius 1 is 1.03 bits per heavy atom. The van der Waals surface area contributed by atoms with Crippen LogP contribution in [0.5, 0.6) is 5.88 Å². The molecular weight excluding hydrogens is 478 g/mol. The molecule has 4 aliphatic rings. The first-order valence-electron chi connectivity index (χ1n) is 15.5. The summed E-state index contributed by atoms with van der Waals surface area (Å²) in [6.45, 7) is 5.56. The van der Waals surface area contributed by atoms with E-state index in [-0.39, 0.29) is 23.8 Å². The summed E-state index contributed by atoms with van der Waals surface area (Å²) >= 11 is 0. The Kier molecular flexibility index (Phi) is 9.63. The zero-order valence-electron chi connectivity index (χ0n) is 23.4. The van der Waals surface area contributed by atoms with Gasteiger partial charge in [-0.15, -0.1) is 0 Å². The molecule has 8 nitrogen and oxygen atoms in total. The van der Waals surface area contributed by atoms with E-state index in [4.69, 9.17) is 4.74 Å². The largest absolute Gasteiger partial charge is 0.477 e. The monoisotopic (exact) mass is 527 g/mol. The minimum absolute atomic E-state index is 0.0815. The molecule has 1 saturated heterocycles. The van der Waals surface area contributed by atoms with E-state index in [1.54, 1.807) is 10.9 Å². The number of nitrogens with one attached hydrogen (secondary N) is 3. The third-order valence-electron chi connectivity index (χ3n) is 9.78. The molecule has 2 amide bonds. The maximum absolute atomic E-state index is 13.5. The van der Waals surface area contributed by atoms with Crippen molar-refractivity contribution in [1.82, 2.24) is 25.7 Å². The number of rotatable bonds is 10. The predicted molar refractivity (Wildman–Crippen MR) is 148 cm³/mol. The summed E-state index contributed by atoms with van der Waals surface area (Å²) in [7, 11) is 0. The van der Waals surface area contributed by atoms with Crippen molar-refractivity contribution in [2.24, 2.45) is 29.6 Å². The molecule has 4 fully saturated rings. The van der Waals surface area contributed by atoms with Crippen LogP contribution in [0.3, 0.4) is 0 Å². The Hall–Kier alpha value is -2.09. The van der Waals surface area contributed by atoms with Crippen LogP contribution in [0.2, 0.25) is 0 Å². The molecular formula is C30H49N5O3. The van der Waals surface area contributed by atoms with E-state index >= 15 is 0 Å². The molecule has 1 aliphatic heterocycles. The number of fused-ring (bicyclic) bond motifs is 2. The van der Waals surface area contributed by atoms with Crippen LogP contribution in [0.15, 0.2) is 6.20 Å². The van der Waals surface area contributed by atoms with Crippen LogP contribution in [0, 0.1) is 29.6 Å². The van der Waals surface area contributed by atoms with Crippen molar-refractivity contribution in [2.75, 3.05) is 26.2 Å². The summed E-state index contributed by atoms with van der Waals surface area (Å²) in [6, 6.07) is 0.143. The smallest absolute Gasteiger partial charge is 0.258 e. The number of amides is 2. The van der Waals surface area contributed by atoms with Crippen molar-refractivity contribution in [3.05, 3.63) is 11.8 Å². The lowest BCUT2D eigenvalue weighted by Gasteiger charge is -2.41. The van der Waals surface area contributed by atoms with Crippen molar-refractivity contribution >= 4 is 11.8 Å². The molecule has 3 atom stereocenters. The standard InChI is InChI=1S/C30H49N5O3/c1-21(26-17-23-8-5-9-24(16-23)18-26)34-29(37)27-19-33-35(30(27)38-20-22-6-3-2-4-7-22)15-14-32-28(36)25-10-12-31-13-11-25/h19,21-26,31H,2-18,20H2,1H3,(H,32,36)(H,34,37). The summed E-state index contributed by atoms with van der Waals surface area (Å²) in [5.74, 6) is 3.42. The summed E-state index contributed by atoms with van der Waals surface area (Å²) < 4.78 is 8.12. The molecule has 0 radical (unpaired) electrons. The summed E-state index contributed by atoms with van der Waals surface area (Å²) in [4.78, 5) is 26.1. The summed E-state index contributed by atoms with van der Waals surface area (Å²) in [5, 5.41) is 14.3. The van der Waals surface area contributed by atoms with E-state index < -0.39 is 0 Å². The SMILES string of the molecule is CC(NC(=O)c1cnn(CCNC(=O)C2CCNCC2)c1OCC1CCCCC1)C1CC2CCCC(C2)C1. The van der Waals surface area contributed by atoms with Gasteiger partial charge >= 0.3 is 0 Å². The second-order valence-electron chi connectivity index (χ2n) is 12.6. The first-order valence-corrected chi connectivity index (χ1v) is 15.5. The summed E-state index contributed by atoms with van der Waals surface area (Å²) in [6.07, 6.45) is 17.5. The average Bonchev–Trinajstić information content (AvgIpc) is 3.35. The Balaban J connectivity index is 1.21. The molecule has 212 valence electrons. The van der Waals surface area contributed by atoms with Crippen molar-refractivity contribution in [2.45, 2.75) is 103 Å². The molecule has 3 saturated carbocycles. The van der Waals surface area contributed by atoms with E-state index in [2.05, 4.69) is 28.0 Å². The Labute approximate surface area is 228 Å². The van der Waals surface area contributed by atoms with Crippen LogP contribution < -0.4 is 20.7 Å². The van der Waals surface area contributed by atoms with E-state index in [1.807, 2.05) is 0 Å². The third kappa shape index (κ3) is 7.10. The van der Waals surface area contributed by atoms with Crippen molar-refractivity contribution in [3.63, 3.8) is 0 Å². The fourth-order valence-electron chi connectivity index (χ4n) is 7.50. The fourth-order valence-corrected chi connectivity index (χ4v) is 7.50. The van der Waals surface area contributed by atoms with Gasteiger partial charge in [0.1, 0.15) is 5.56 Å². The molecule has 2 bridgehead atoms. The van der Waals surface area contributed by atoms with E-state index in [0.29, 0.717) is 43.0 Å². The molecule has 5 rings (SSSR count). The lowest BCUT2D eigenvalue weighted by Crippen LogP contribution is -2.42. The quantitative estimate of drug-likeness (QED) is 0.422. The molecule has 1 aromatic rings. The van der Waals surface area contributed by atoms with Gasteiger partial charge in [-0.3, -0.25) is 9.59 Å². The zero-order chi connectivity index (χ0) is 26.3. The highest BCUT2D eigenvalue weighted by Crippen LogP contribution is 2.43. The Bertz CT molecular complexity index is 909. The average molecular weight is 528 g/mol. The molecule has 3 aliphatic carbocycles. The van der Waals surface area contributed by atoms with Gasteiger partial charge in [-0.2, -0.15) is 5.10 Å². The fraction of sp³-hybridized carbons (Fsp3) is 0.833. The minimum atomic E-state index is -0.0862. The highest BCUT2D eigenvalue weighted by atomic mass is 16.5. The van der Waals surface area contributed by atoms with Crippen LogP contribution in [-0.2, 0) is 11.3 Å². The van der Waals surface area contributed by atoms with Gasteiger partial charge < -0.3 is 20.7 Å². The van der Waals surface area contributed by atoms with Crippen molar-refractivity contribution in [1.29, 1.82) is 0 Å². The third-order valence-corrected chi connectivity index (χ3v) is 9.78. The number of carbonyl (C=O) groups excluding carboxylic acids is 2. The minimum Gasteiger partial charge on any atom is -0.477 e. The normalized spacial score (nSPS) is 27.4. The number of aromatic nitrogens is 2. The number of hydrogen-bond acceptors (Lipinski definition) is 5. The van der Waals surface area contributed by atoms with Crippen molar-refractivity contribution in [3.8, 4) is 5.88 Å². The number of ether oxygens (including phenoxy) is 1. The molecule has 0 spiro atoms. The molecule has 8 heteroatoms. The van der Waals surface area contributed by atoms with Crippen molar-refractivity contribution < 1.29 is 14.3 Å². The van der Waals surface area contributed by atoms with Crippen LogP contribution in [0.4, 0.5) is 0 Å². The number of carbonyl (C=O) groups is 2. The van der Waals surface area contributed by atoms with Gasteiger partial charge in [0.25, 0.3) is 5.91 Å².